The zero-order valence-corrected chi connectivity index (χ0v) is 11.2. The quantitative estimate of drug-likeness (QED) is 0.650. The van der Waals surface area contributed by atoms with Gasteiger partial charge in [0.05, 0.1) is 13.2 Å². The van der Waals surface area contributed by atoms with E-state index in [4.69, 9.17) is 5.73 Å². The third-order valence-corrected chi connectivity index (χ3v) is 2.62. The molecule has 0 saturated heterocycles. The molecular formula is C12H24N2O3. The molecule has 0 radical (unpaired) electrons. The maximum Gasteiger partial charge on any atom is 0.328 e. The van der Waals surface area contributed by atoms with Crippen molar-refractivity contribution in [2.24, 2.45) is 11.7 Å². The lowest BCUT2D eigenvalue weighted by atomic mass is 10.0. The zero-order valence-electron chi connectivity index (χ0n) is 11.2. The SMILES string of the molecule is CCCC[C@H](N)C(=O)NC(C(=O)OC)C(C)C. The average Bonchev–Trinajstić information content (AvgIpc) is 2.31. The van der Waals surface area contributed by atoms with Gasteiger partial charge in [-0.3, -0.25) is 4.79 Å². The summed E-state index contributed by atoms with van der Waals surface area (Å²) in [6, 6.07) is -1.18. The molecule has 0 saturated carbocycles. The van der Waals surface area contributed by atoms with E-state index in [1.54, 1.807) is 0 Å². The first-order valence-corrected chi connectivity index (χ1v) is 6.07. The van der Waals surface area contributed by atoms with Gasteiger partial charge in [0, 0.05) is 0 Å². The number of rotatable bonds is 7. The molecule has 2 atom stereocenters. The van der Waals surface area contributed by atoms with Crippen LogP contribution in [-0.4, -0.2) is 31.1 Å². The Bertz CT molecular complexity index is 254. The van der Waals surface area contributed by atoms with Crippen LogP contribution in [0.4, 0.5) is 0 Å². The standard InChI is InChI=1S/C12H24N2O3/c1-5-6-7-9(13)11(15)14-10(8(2)3)12(16)17-4/h8-10H,5-7,13H2,1-4H3,(H,14,15)/t9-,10?/m0/s1. The van der Waals surface area contributed by atoms with E-state index in [9.17, 15) is 9.59 Å². The maximum atomic E-state index is 11.7. The molecule has 0 fully saturated rings. The molecule has 100 valence electrons. The fraction of sp³-hybridized carbons (Fsp3) is 0.833. The van der Waals surface area contributed by atoms with E-state index in [2.05, 4.69) is 10.1 Å². The first-order chi connectivity index (χ1) is 7.93. The van der Waals surface area contributed by atoms with Gasteiger partial charge in [-0.2, -0.15) is 0 Å². The van der Waals surface area contributed by atoms with E-state index in [0.29, 0.717) is 6.42 Å². The highest BCUT2D eigenvalue weighted by atomic mass is 16.5. The minimum atomic E-state index is -0.625. The predicted octanol–water partition coefficient (Wildman–Crippen LogP) is 0.818. The Balaban J connectivity index is 4.35. The normalized spacial score (nSPS) is 14.2. The number of hydrogen-bond acceptors (Lipinski definition) is 4. The van der Waals surface area contributed by atoms with Gasteiger partial charge < -0.3 is 15.8 Å². The van der Waals surface area contributed by atoms with Crippen LogP contribution in [0, 0.1) is 5.92 Å². The number of amides is 1. The van der Waals surface area contributed by atoms with Crippen LogP contribution in [0.25, 0.3) is 0 Å². The van der Waals surface area contributed by atoms with Crippen LogP contribution in [0.2, 0.25) is 0 Å². The van der Waals surface area contributed by atoms with Crippen molar-refractivity contribution in [2.45, 2.75) is 52.1 Å². The van der Waals surface area contributed by atoms with E-state index in [-0.39, 0.29) is 11.8 Å². The summed E-state index contributed by atoms with van der Waals surface area (Å²) in [5, 5.41) is 2.64. The smallest absolute Gasteiger partial charge is 0.328 e. The lowest BCUT2D eigenvalue weighted by Gasteiger charge is -2.21. The molecule has 0 aliphatic heterocycles. The molecule has 0 heterocycles. The Labute approximate surface area is 103 Å². The van der Waals surface area contributed by atoms with Gasteiger partial charge in [0.1, 0.15) is 6.04 Å². The minimum Gasteiger partial charge on any atom is -0.467 e. The van der Waals surface area contributed by atoms with Gasteiger partial charge >= 0.3 is 5.97 Å². The van der Waals surface area contributed by atoms with Crippen molar-refractivity contribution >= 4 is 11.9 Å². The molecule has 3 N–H and O–H groups in total. The van der Waals surface area contributed by atoms with Crippen LogP contribution in [0.1, 0.15) is 40.0 Å². The highest BCUT2D eigenvalue weighted by Crippen LogP contribution is 2.05. The highest BCUT2D eigenvalue weighted by molar-refractivity contribution is 5.87. The number of carbonyl (C=O) groups is 2. The summed E-state index contributed by atoms with van der Waals surface area (Å²) in [6.07, 6.45) is 2.53. The van der Waals surface area contributed by atoms with Gasteiger partial charge in [0.25, 0.3) is 0 Å². The van der Waals surface area contributed by atoms with Crippen LogP contribution >= 0.6 is 0 Å². The number of methoxy groups -OCH3 is 1. The van der Waals surface area contributed by atoms with Crippen LogP contribution in [0.15, 0.2) is 0 Å². The Morgan fingerprint density at radius 2 is 1.94 bits per heavy atom. The lowest BCUT2D eigenvalue weighted by molar-refractivity contribution is -0.146. The highest BCUT2D eigenvalue weighted by Gasteiger charge is 2.26. The molecule has 5 nitrogen and oxygen atoms in total. The van der Waals surface area contributed by atoms with Crippen molar-refractivity contribution in [1.29, 1.82) is 0 Å². The van der Waals surface area contributed by atoms with Crippen LogP contribution in [0.5, 0.6) is 0 Å². The van der Waals surface area contributed by atoms with Crippen molar-refractivity contribution in [1.82, 2.24) is 5.32 Å². The third-order valence-electron chi connectivity index (χ3n) is 2.62. The van der Waals surface area contributed by atoms with Gasteiger partial charge in [0.2, 0.25) is 5.91 Å². The summed E-state index contributed by atoms with van der Waals surface area (Å²) in [7, 11) is 1.31. The molecule has 1 amide bonds. The van der Waals surface area contributed by atoms with E-state index in [1.165, 1.54) is 7.11 Å². The molecule has 0 aliphatic carbocycles. The predicted molar refractivity (Wildman–Crippen MR) is 66.3 cm³/mol. The molecule has 0 aromatic rings. The average molecular weight is 244 g/mol. The summed E-state index contributed by atoms with van der Waals surface area (Å²) in [5.74, 6) is -0.747. The van der Waals surface area contributed by atoms with Gasteiger partial charge in [-0.25, -0.2) is 4.79 Å². The minimum absolute atomic E-state index is 0.0234. The van der Waals surface area contributed by atoms with Crippen LogP contribution < -0.4 is 11.1 Å². The molecular weight excluding hydrogens is 220 g/mol. The van der Waals surface area contributed by atoms with Crippen molar-refractivity contribution in [3.05, 3.63) is 0 Å². The number of carbonyl (C=O) groups excluding carboxylic acids is 2. The lowest BCUT2D eigenvalue weighted by Crippen LogP contribution is -2.50. The molecule has 0 bridgehead atoms. The molecule has 17 heavy (non-hydrogen) atoms. The number of ether oxygens (including phenoxy) is 1. The third kappa shape index (κ3) is 5.68. The van der Waals surface area contributed by atoms with Crippen molar-refractivity contribution < 1.29 is 14.3 Å². The Morgan fingerprint density at radius 3 is 2.35 bits per heavy atom. The van der Waals surface area contributed by atoms with Crippen molar-refractivity contribution in [3.8, 4) is 0 Å². The first-order valence-electron chi connectivity index (χ1n) is 6.07. The van der Waals surface area contributed by atoms with Gasteiger partial charge in [-0.1, -0.05) is 33.6 Å². The number of hydrogen-bond donors (Lipinski definition) is 2. The molecule has 0 aliphatic rings. The zero-order chi connectivity index (χ0) is 13.4. The number of nitrogens with one attached hydrogen (secondary N) is 1. The monoisotopic (exact) mass is 244 g/mol. The van der Waals surface area contributed by atoms with E-state index < -0.39 is 18.1 Å². The molecule has 0 aromatic carbocycles. The van der Waals surface area contributed by atoms with Crippen LogP contribution in [-0.2, 0) is 14.3 Å². The Morgan fingerprint density at radius 1 is 1.35 bits per heavy atom. The first kappa shape index (κ1) is 15.9. The summed E-state index contributed by atoms with van der Waals surface area (Å²) in [5.41, 5.74) is 5.73. The van der Waals surface area contributed by atoms with E-state index >= 15 is 0 Å². The fourth-order valence-corrected chi connectivity index (χ4v) is 1.44. The number of nitrogens with two attached hydrogens (primary N) is 1. The maximum absolute atomic E-state index is 11.7. The molecule has 5 heteroatoms. The van der Waals surface area contributed by atoms with Crippen molar-refractivity contribution in [3.63, 3.8) is 0 Å². The van der Waals surface area contributed by atoms with E-state index in [1.807, 2.05) is 20.8 Å². The summed E-state index contributed by atoms with van der Waals surface area (Å²) in [6.45, 7) is 5.73. The van der Waals surface area contributed by atoms with E-state index in [0.717, 1.165) is 12.8 Å². The second kappa shape index (κ2) is 8.06. The van der Waals surface area contributed by atoms with Gasteiger partial charge in [0.15, 0.2) is 0 Å². The van der Waals surface area contributed by atoms with Crippen LogP contribution in [0.3, 0.4) is 0 Å². The van der Waals surface area contributed by atoms with Gasteiger partial charge in [-0.05, 0) is 12.3 Å². The molecule has 0 aromatic heterocycles. The Hall–Kier alpha value is -1.10. The summed E-state index contributed by atoms with van der Waals surface area (Å²) in [4.78, 5) is 23.2. The summed E-state index contributed by atoms with van der Waals surface area (Å²) >= 11 is 0. The number of unbranched alkanes of at least 4 members (excludes halogenated alkanes) is 1. The number of esters is 1. The molecule has 1 unspecified atom stereocenters. The molecule has 0 rings (SSSR count). The molecule has 0 spiro atoms. The van der Waals surface area contributed by atoms with Crippen molar-refractivity contribution in [2.75, 3.05) is 7.11 Å². The Kier molecular flexibility index (Phi) is 7.54. The summed E-state index contributed by atoms with van der Waals surface area (Å²) < 4.78 is 4.64. The topological polar surface area (TPSA) is 81.4 Å². The largest absolute Gasteiger partial charge is 0.467 e. The fourth-order valence-electron chi connectivity index (χ4n) is 1.44. The van der Waals surface area contributed by atoms with Gasteiger partial charge in [-0.15, -0.1) is 0 Å². The second-order valence-electron chi connectivity index (χ2n) is 4.50. The second-order valence-corrected chi connectivity index (χ2v) is 4.50.